The van der Waals surface area contributed by atoms with E-state index in [1.807, 2.05) is 0 Å². The summed E-state index contributed by atoms with van der Waals surface area (Å²) in [6.45, 7) is 1.68. The molecule has 6 heteroatoms. The highest BCUT2D eigenvalue weighted by Crippen LogP contribution is 2.18. The van der Waals surface area contributed by atoms with Crippen LogP contribution in [-0.2, 0) is 15.4 Å². The number of rotatable bonds is 5. The topological polar surface area (TPSA) is 46.2 Å². The number of benzene rings is 2. The van der Waals surface area contributed by atoms with Gasteiger partial charge in [0.15, 0.2) is 0 Å². The van der Waals surface area contributed by atoms with Crippen molar-refractivity contribution in [2.24, 2.45) is 0 Å². The molecule has 1 unspecified atom stereocenters. The molecule has 3 nitrogen and oxygen atoms in total. The average molecular weight is 372 g/mol. The summed E-state index contributed by atoms with van der Waals surface area (Å²) in [4.78, 5) is 0.190. The predicted octanol–water partition coefficient (Wildman–Crippen LogP) is 3.76. The predicted molar refractivity (Wildman–Crippen MR) is 84.2 cm³/mol. The SMILES string of the molecule is CC(NS(=O)(=O)c1ccc(CBr)cc1)c1cccc(F)c1. The Kier molecular flexibility index (Phi) is 5.13. The van der Waals surface area contributed by atoms with Gasteiger partial charge in [0.05, 0.1) is 4.90 Å². The van der Waals surface area contributed by atoms with Crippen LogP contribution in [0, 0.1) is 5.82 Å². The van der Waals surface area contributed by atoms with Crippen LogP contribution in [0.4, 0.5) is 4.39 Å². The van der Waals surface area contributed by atoms with E-state index >= 15 is 0 Å². The van der Waals surface area contributed by atoms with Crippen LogP contribution in [0.3, 0.4) is 0 Å². The molecule has 2 rings (SSSR count). The molecule has 1 N–H and O–H groups in total. The molecule has 0 saturated heterocycles. The first kappa shape index (κ1) is 16.1. The highest BCUT2D eigenvalue weighted by molar-refractivity contribution is 9.08. The van der Waals surface area contributed by atoms with E-state index < -0.39 is 16.1 Å². The van der Waals surface area contributed by atoms with Crippen LogP contribution in [0.1, 0.15) is 24.1 Å². The first-order valence-corrected chi connectivity index (χ1v) is 8.95. The van der Waals surface area contributed by atoms with E-state index in [0.717, 1.165) is 5.56 Å². The molecule has 2 aromatic carbocycles. The van der Waals surface area contributed by atoms with E-state index in [0.29, 0.717) is 10.9 Å². The maximum Gasteiger partial charge on any atom is 0.241 e. The Labute approximate surface area is 132 Å². The fourth-order valence-corrected chi connectivity index (χ4v) is 3.51. The van der Waals surface area contributed by atoms with Crippen LogP contribution < -0.4 is 4.72 Å². The summed E-state index contributed by atoms with van der Waals surface area (Å²) < 4.78 is 40.3. The average Bonchev–Trinajstić information content (AvgIpc) is 2.47. The Balaban J connectivity index is 2.20. The molecule has 0 spiro atoms. The van der Waals surface area contributed by atoms with Crippen LogP contribution in [-0.4, -0.2) is 8.42 Å². The molecule has 0 bridgehead atoms. The van der Waals surface area contributed by atoms with Gasteiger partial charge in [0.25, 0.3) is 0 Å². The van der Waals surface area contributed by atoms with Gasteiger partial charge in [-0.25, -0.2) is 17.5 Å². The molecular formula is C15H15BrFNO2S. The normalized spacial score (nSPS) is 13.1. The molecule has 0 aliphatic carbocycles. The Bertz CT molecular complexity index is 717. The highest BCUT2D eigenvalue weighted by Gasteiger charge is 2.18. The standard InChI is InChI=1S/C15H15BrFNO2S/c1-11(13-3-2-4-14(17)9-13)18-21(19,20)15-7-5-12(10-16)6-8-15/h2-9,11,18H,10H2,1H3. The fourth-order valence-electron chi connectivity index (χ4n) is 1.90. The van der Waals surface area contributed by atoms with Gasteiger partial charge < -0.3 is 0 Å². The molecule has 1 atom stereocenters. The third kappa shape index (κ3) is 4.12. The summed E-state index contributed by atoms with van der Waals surface area (Å²) in [5.74, 6) is -0.389. The number of halogens is 2. The van der Waals surface area contributed by atoms with Crippen LogP contribution in [0.2, 0.25) is 0 Å². The third-order valence-corrected chi connectivity index (χ3v) is 5.27. The van der Waals surface area contributed by atoms with Crippen molar-refractivity contribution in [1.29, 1.82) is 0 Å². The van der Waals surface area contributed by atoms with Crippen molar-refractivity contribution in [3.05, 3.63) is 65.5 Å². The fraction of sp³-hybridized carbons (Fsp3) is 0.200. The van der Waals surface area contributed by atoms with Gasteiger partial charge in [-0.2, -0.15) is 0 Å². The Hall–Kier alpha value is -1.24. The maximum absolute atomic E-state index is 13.2. The number of hydrogen-bond donors (Lipinski definition) is 1. The lowest BCUT2D eigenvalue weighted by molar-refractivity contribution is 0.564. The first-order valence-electron chi connectivity index (χ1n) is 6.35. The largest absolute Gasteiger partial charge is 0.241 e. The van der Waals surface area contributed by atoms with Gasteiger partial charge in [0.2, 0.25) is 10.0 Å². The van der Waals surface area contributed by atoms with Crippen molar-refractivity contribution in [2.45, 2.75) is 23.2 Å². The quantitative estimate of drug-likeness (QED) is 0.813. The van der Waals surface area contributed by atoms with E-state index in [9.17, 15) is 12.8 Å². The second-order valence-electron chi connectivity index (χ2n) is 4.68. The number of alkyl halides is 1. The van der Waals surface area contributed by atoms with Crippen LogP contribution in [0.5, 0.6) is 0 Å². The van der Waals surface area contributed by atoms with Crippen molar-refractivity contribution >= 4 is 26.0 Å². The van der Waals surface area contributed by atoms with Gasteiger partial charge >= 0.3 is 0 Å². The molecule has 0 saturated carbocycles. The van der Waals surface area contributed by atoms with Crippen molar-refractivity contribution in [2.75, 3.05) is 0 Å². The minimum atomic E-state index is -3.63. The molecule has 0 aromatic heterocycles. The summed E-state index contributed by atoms with van der Waals surface area (Å²) in [5.41, 5.74) is 1.57. The molecule has 2 aromatic rings. The first-order chi connectivity index (χ1) is 9.92. The number of nitrogens with one attached hydrogen (secondary N) is 1. The Morgan fingerprint density at radius 2 is 1.86 bits per heavy atom. The lowest BCUT2D eigenvalue weighted by atomic mass is 10.1. The summed E-state index contributed by atoms with van der Waals surface area (Å²) in [6, 6.07) is 12.0. The zero-order chi connectivity index (χ0) is 15.5. The van der Waals surface area contributed by atoms with E-state index in [1.165, 1.54) is 12.1 Å². The van der Waals surface area contributed by atoms with E-state index in [-0.39, 0.29) is 10.7 Å². The maximum atomic E-state index is 13.2. The number of hydrogen-bond acceptors (Lipinski definition) is 2. The third-order valence-electron chi connectivity index (χ3n) is 3.07. The van der Waals surface area contributed by atoms with Crippen molar-refractivity contribution in [1.82, 2.24) is 4.72 Å². The Morgan fingerprint density at radius 3 is 2.43 bits per heavy atom. The smallest absolute Gasteiger partial charge is 0.207 e. The summed E-state index contributed by atoms with van der Waals surface area (Å²) in [7, 11) is -3.63. The molecular weight excluding hydrogens is 357 g/mol. The molecule has 0 heterocycles. The van der Waals surface area contributed by atoms with Crippen LogP contribution in [0.25, 0.3) is 0 Å². The van der Waals surface area contributed by atoms with Gasteiger partial charge in [0.1, 0.15) is 5.82 Å². The van der Waals surface area contributed by atoms with Crippen molar-refractivity contribution in [3.8, 4) is 0 Å². The van der Waals surface area contributed by atoms with E-state index in [1.54, 1.807) is 43.3 Å². The second-order valence-corrected chi connectivity index (χ2v) is 6.95. The summed E-state index contributed by atoms with van der Waals surface area (Å²) in [6.07, 6.45) is 0. The zero-order valence-corrected chi connectivity index (χ0v) is 13.8. The monoisotopic (exact) mass is 371 g/mol. The van der Waals surface area contributed by atoms with Gasteiger partial charge in [-0.05, 0) is 42.3 Å². The molecule has 21 heavy (non-hydrogen) atoms. The summed E-state index contributed by atoms with van der Waals surface area (Å²) in [5, 5.41) is 0.667. The van der Waals surface area contributed by atoms with Crippen molar-refractivity contribution in [3.63, 3.8) is 0 Å². The number of sulfonamides is 1. The molecule has 0 radical (unpaired) electrons. The van der Waals surface area contributed by atoms with E-state index in [4.69, 9.17) is 0 Å². The zero-order valence-electron chi connectivity index (χ0n) is 11.4. The molecule has 0 aliphatic heterocycles. The van der Waals surface area contributed by atoms with Gasteiger partial charge in [-0.15, -0.1) is 0 Å². The lowest BCUT2D eigenvalue weighted by Gasteiger charge is -2.15. The molecule has 0 aliphatic rings. The summed E-state index contributed by atoms with van der Waals surface area (Å²) >= 11 is 3.31. The minimum absolute atomic E-state index is 0.190. The highest BCUT2D eigenvalue weighted by atomic mass is 79.9. The van der Waals surface area contributed by atoms with Gasteiger partial charge in [-0.3, -0.25) is 0 Å². The lowest BCUT2D eigenvalue weighted by Crippen LogP contribution is -2.26. The van der Waals surface area contributed by atoms with E-state index in [2.05, 4.69) is 20.7 Å². The van der Waals surface area contributed by atoms with Gasteiger partial charge in [-0.1, -0.05) is 40.2 Å². The van der Waals surface area contributed by atoms with Crippen LogP contribution in [0.15, 0.2) is 53.4 Å². The van der Waals surface area contributed by atoms with Gasteiger partial charge in [0, 0.05) is 11.4 Å². The van der Waals surface area contributed by atoms with Crippen molar-refractivity contribution < 1.29 is 12.8 Å². The Morgan fingerprint density at radius 1 is 1.19 bits per heavy atom. The molecule has 112 valence electrons. The van der Waals surface area contributed by atoms with Crippen LogP contribution >= 0.6 is 15.9 Å². The molecule has 0 amide bonds. The second kappa shape index (κ2) is 6.68. The minimum Gasteiger partial charge on any atom is -0.207 e. The molecule has 0 fully saturated rings.